The highest BCUT2D eigenvalue weighted by atomic mass is 16.5. The Morgan fingerprint density at radius 1 is 1.32 bits per heavy atom. The molecule has 0 saturated heterocycles. The fourth-order valence-corrected chi connectivity index (χ4v) is 2.49. The molecular weight excluding hydrogens is 322 g/mol. The number of hydrogen-bond acceptors (Lipinski definition) is 5. The second kappa shape index (κ2) is 8.53. The van der Waals surface area contributed by atoms with Crippen molar-refractivity contribution >= 4 is 5.91 Å². The summed E-state index contributed by atoms with van der Waals surface area (Å²) < 4.78 is 10.6. The molecule has 0 fully saturated rings. The number of aromatic nitrogens is 2. The van der Waals surface area contributed by atoms with Crippen molar-refractivity contribution in [2.75, 3.05) is 20.8 Å². The van der Waals surface area contributed by atoms with E-state index in [1.807, 2.05) is 13.8 Å². The van der Waals surface area contributed by atoms with Gasteiger partial charge in [-0.05, 0) is 30.2 Å². The van der Waals surface area contributed by atoms with E-state index in [0.29, 0.717) is 22.9 Å². The summed E-state index contributed by atoms with van der Waals surface area (Å²) >= 11 is 0. The molecule has 0 aliphatic rings. The molecule has 0 aliphatic carbocycles. The maximum Gasteiger partial charge on any atom is 0.269 e. The lowest BCUT2D eigenvalue weighted by Crippen LogP contribution is -2.42. The Bertz CT molecular complexity index is 714. The molecule has 1 amide bonds. The molecule has 136 valence electrons. The SMILES string of the molecule is CCC(C)C(CO)NC(=O)c1cc(-c2cc(OC)ccc2OC)n[nH]1. The van der Waals surface area contributed by atoms with E-state index in [4.69, 9.17) is 9.47 Å². The third kappa shape index (κ3) is 4.30. The topological polar surface area (TPSA) is 96.5 Å². The number of aliphatic hydroxyl groups excluding tert-OH is 1. The molecule has 2 rings (SSSR count). The Labute approximate surface area is 147 Å². The molecule has 2 aromatic rings. The minimum absolute atomic E-state index is 0.106. The highest BCUT2D eigenvalue weighted by Gasteiger charge is 2.20. The third-order valence-corrected chi connectivity index (χ3v) is 4.35. The smallest absolute Gasteiger partial charge is 0.269 e. The van der Waals surface area contributed by atoms with Gasteiger partial charge in [-0.25, -0.2) is 0 Å². The third-order valence-electron chi connectivity index (χ3n) is 4.35. The van der Waals surface area contributed by atoms with Crippen LogP contribution in [0.4, 0.5) is 0 Å². The van der Waals surface area contributed by atoms with Gasteiger partial charge >= 0.3 is 0 Å². The molecule has 7 heteroatoms. The molecule has 0 bridgehead atoms. The van der Waals surface area contributed by atoms with E-state index in [1.165, 1.54) is 0 Å². The first-order valence-electron chi connectivity index (χ1n) is 8.23. The number of H-pyrrole nitrogens is 1. The van der Waals surface area contributed by atoms with E-state index in [2.05, 4.69) is 15.5 Å². The predicted octanol–water partition coefficient (Wildman–Crippen LogP) is 2.23. The van der Waals surface area contributed by atoms with Crippen molar-refractivity contribution in [3.8, 4) is 22.8 Å². The lowest BCUT2D eigenvalue weighted by Gasteiger charge is -2.21. The number of aliphatic hydroxyl groups is 1. The van der Waals surface area contributed by atoms with E-state index in [0.717, 1.165) is 12.0 Å². The van der Waals surface area contributed by atoms with Crippen LogP contribution in [0.2, 0.25) is 0 Å². The summed E-state index contributed by atoms with van der Waals surface area (Å²) in [6.45, 7) is 3.90. The van der Waals surface area contributed by atoms with Crippen LogP contribution in [0.1, 0.15) is 30.8 Å². The number of hydrogen-bond donors (Lipinski definition) is 3. The molecule has 7 nitrogen and oxygen atoms in total. The average molecular weight is 347 g/mol. The number of nitrogens with one attached hydrogen (secondary N) is 2. The van der Waals surface area contributed by atoms with Gasteiger partial charge in [-0.3, -0.25) is 9.89 Å². The minimum atomic E-state index is -0.306. The summed E-state index contributed by atoms with van der Waals surface area (Å²) in [5.74, 6) is 1.17. The Morgan fingerprint density at radius 2 is 2.08 bits per heavy atom. The van der Waals surface area contributed by atoms with E-state index in [-0.39, 0.29) is 24.5 Å². The first kappa shape index (κ1) is 18.8. The number of amides is 1. The molecule has 1 aromatic carbocycles. The van der Waals surface area contributed by atoms with Crippen molar-refractivity contribution < 1.29 is 19.4 Å². The van der Waals surface area contributed by atoms with Crippen LogP contribution in [0.5, 0.6) is 11.5 Å². The lowest BCUT2D eigenvalue weighted by molar-refractivity contribution is 0.0886. The lowest BCUT2D eigenvalue weighted by atomic mass is 10.00. The standard InChI is InChI=1S/C18H25N3O4/c1-5-11(2)16(10-22)19-18(23)15-9-14(20-21-15)13-8-12(24-3)6-7-17(13)25-4/h6-9,11,16,22H,5,10H2,1-4H3,(H,19,23)(H,20,21). The normalized spacial score (nSPS) is 13.2. The van der Waals surface area contributed by atoms with Crippen LogP contribution < -0.4 is 14.8 Å². The summed E-state index contributed by atoms with van der Waals surface area (Å²) in [5.41, 5.74) is 1.62. The van der Waals surface area contributed by atoms with Gasteiger partial charge in [0, 0.05) is 5.56 Å². The molecule has 2 unspecified atom stereocenters. The van der Waals surface area contributed by atoms with Crippen molar-refractivity contribution in [3.63, 3.8) is 0 Å². The van der Waals surface area contributed by atoms with Crippen LogP contribution in [0, 0.1) is 5.92 Å². The summed E-state index contributed by atoms with van der Waals surface area (Å²) in [4.78, 5) is 12.4. The summed E-state index contributed by atoms with van der Waals surface area (Å²) in [6, 6.07) is 6.73. The van der Waals surface area contributed by atoms with Gasteiger partial charge < -0.3 is 19.9 Å². The molecule has 3 N–H and O–H groups in total. The first-order chi connectivity index (χ1) is 12.0. The number of ether oxygens (including phenoxy) is 2. The van der Waals surface area contributed by atoms with Crippen molar-refractivity contribution in [2.24, 2.45) is 5.92 Å². The van der Waals surface area contributed by atoms with E-state index in [1.54, 1.807) is 38.5 Å². The second-order valence-corrected chi connectivity index (χ2v) is 5.88. The number of methoxy groups -OCH3 is 2. The molecule has 1 heterocycles. The fourth-order valence-electron chi connectivity index (χ4n) is 2.49. The van der Waals surface area contributed by atoms with Gasteiger partial charge in [-0.1, -0.05) is 20.3 Å². The number of carbonyl (C=O) groups excluding carboxylic acids is 1. The van der Waals surface area contributed by atoms with Crippen LogP contribution in [0.3, 0.4) is 0 Å². The van der Waals surface area contributed by atoms with E-state index < -0.39 is 0 Å². The number of aromatic amines is 1. The molecule has 1 aromatic heterocycles. The zero-order valence-corrected chi connectivity index (χ0v) is 15.0. The van der Waals surface area contributed by atoms with Crippen LogP contribution >= 0.6 is 0 Å². The van der Waals surface area contributed by atoms with Crippen molar-refractivity contribution in [1.82, 2.24) is 15.5 Å². The van der Waals surface area contributed by atoms with E-state index in [9.17, 15) is 9.90 Å². The predicted molar refractivity (Wildman–Crippen MR) is 94.9 cm³/mol. The van der Waals surface area contributed by atoms with Crippen LogP contribution in [-0.2, 0) is 0 Å². The molecule has 2 atom stereocenters. The van der Waals surface area contributed by atoms with Gasteiger partial charge in [0.25, 0.3) is 5.91 Å². The minimum Gasteiger partial charge on any atom is -0.497 e. The number of benzene rings is 1. The quantitative estimate of drug-likeness (QED) is 0.680. The van der Waals surface area contributed by atoms with Crippen molar-refractivity contribution in [1.29, 1.82) is 0 Å². The van der Waals surface area contributed by atoms with Crippen molar-refractivity contribution in [3.05, 3.63) is 30.0 Å². The van der Waals surface area contributed by atoms with Crippen LogP contribution in [0.15, 0.2) is 24.3 Å². The Hall–Kier alpha value is -2.54. The first-order valence-corrected chi connectivity index (χ1v) is 8.23. The monoisotopic (exact) mass is 347 g/mol. The fraction of sp³-hybridized carbons (Fsp3) is 0.444. The summed E-state index contributed by atoms with van der Waals surface area (Å²) in [7, 11) is 3.16. The number of nitrogens with zero attached hydrogens (tertiary/aromatic N) is 1. The van der Waals surface area contributed by atoms with Gasteiger partial charge in [0.1, 0.15) is 17.2 Å². The Kier molecular flexibility index (Phi) is 6.41. The average Bonchev–Trinajstić information content (AvgIpc) is 3.14. The maximum atomic E-state index is 12.4. The molecule has 0 radical (unpaired) electrons. The van der Waals surface area contributed by atoms with E-state index >= 15 is 0 Å². The zero-order chi connectivity index (χ0) is 18.4. The molecule has 0 aliphatic heterocycles. The highest BCUT2D eigenvalue weighted by molar-refractivity contribution is 5.93. The van der Waals surface area contributed by atoms with Gasteiger partial charge in [0.05, 0.1) is 32.6 Å². The number of rotatable bonds is 8. The van der Waals surface area contributed by atoms with Crippen molar-refractivity contribution in [2.45, 2.75) is 26.3 Å². The van der Waals surface area contributed by atoms with Gasteiger partial charge in [-0.15, -0.1) is 0 Å². The molecular formula is C18H25N3O4. The maximum absolute atomic E-state index is 12.4. The summed E-state index contributed by atoms with van der Waals surface area (Å²) in [5, 5.41) is 19.2. The molecule has 25 heavy (non-hydrogen) atoms. The summed E-state index contributed by atoms with van der Waals surface area (Å²) in [6.07, 6.45) is 0.862. The largest absolute Gasteiger partial charge is 0.497 e. The second-order valence-electron chi connectivity index (χ2n) is 5.88. The highest BCUT2D eigenvalue weighted by Crippen LogP contribution is 2.32. The number of carbonyl (C=O) groups is 1. The van der Waals surface area contributed by atoms with Gasteiger partial charge in [0.2, 0.25) is 0 Å². The van der Waals surface area contributed by atoms with Gasteiger partial charge in [-0.2, -0.15) is 5.10 Å². The Balaban J connectivity index is 2.23. The zero-order valence-electron chi connectivity index (χ0n) is 15.0. The Morgan fingerprint density at radius 3 is 2.68 bits per heavy atom. The van der Waals surface area contributed by atoms with Crippen LogP contribution in [-0.4, -0.2) is 48.1 Å². The van der Waals surface area contributed by atoms with Gasteiger partial charge in [0.15, 0.2) is 0 Å². The molecule has 0 saturated carbocycles. The molecule has 0 spiro atoms. The van der Waals surface area contributed by atoms with Crippen LogP contribution in [0.25, 0.3) is 11.3 Å².